The van der Waals surface area contributed by atoms with Crippen molar-refractivity contribution in [2.75, 3.05) is 11.9 Å². The first kappa shape index (κ1) is 18.1. The lowest BCUT2D eigenvalue weighted by molar-refractivity contribution is -0.123. The Balaban J connectivity index is 1.58. The van der Waals surface area contributed by atoms with Crippen LogP contribution in [0.15, 0.2) is 48.5 Å². The zero-order valence-electron chi connectivity index (χ0n) is 14.4. The molecule has 2 aromatic carbocycles. The van der Waals surface area contributed by atoms with Crippen molar-refractivity contribution in [3.63, 3.8) is 0 Å². The van der Waals surface area contributed by atoms with Gasteiger partial charge in [0.25, 0.3) is 0 Å². The van der Waals surface area contributed by atoms with E-state index in [0.717, 1.165) is 11.3 Å². The SMILES string of the molecule is CCOc1cccc(CNC(=O)C2NNNC2Nc2ccccc2F)c1. The Morgan fingerprint density at radius 2 is 2.04 bits per heavy atom. The molecule has 1 aliphatic heterocycles. The van der Waals surface area contributed by atoms with Crippen LogP contribution in [0.1, 0.15) is 12.5 Å². The van der Waals surface area contributed by atoms with Gasteiger partial charge in [0.2, 0.25) is 5.91 Å². The average Bonchev–Trinajstić information content (AvgIpc) is 3.11. The molecule has 1 aliphatic rings. The van der Waals surface area contributed by atoms with Crippen LogP contribution in [0.3, 0.4) is 0 Å². The van der Waals surface area contributed by atoms with Crippen molar-refractivity contribution in [3.05, 3.63) is 59.9 Å². The summed E-state index contributed by atoms with van der Waals surface area (Å²) in [5, 5.41) is 5.84. The third-order valence-corrected chi connectivity index (χ3v) is 3.93. The van der Waals surface area contributed by atoms with Crippen molar-refractivity contribution >= 4 is 11.6 Å². The maximum Gasteiger partial charge on any atom is 0.242 e. The first-order valence-corrected chi connectivity index (χ1v) is 8.44. The van der Waals surface area contributed by atoms with Crippen LogP contribution in [0.5, 0.6) is 5.75 Å². The summed E-state index contributed by atoms with van der Waals surface area (Å²) in [5.41, 5.74) is 9.65. The smallest absolute Gasteiger partial charge is 0.242 e. The van der Waals surface area contributed by atoms with Gasteiger partial charge >= 0.3 is 0 Å². The van der Waals surface area contributed by atoms with Gasteiger partial charge < -0.3 is 15.4 Å². The Labute approximate surface area is 151 Å². The van der Waals surface area contributed by atoms with Crippen LogP contribution >= 0.6 is 0 Å². The Hall–Kier alpha value is -2.68. The molecule has 2 atom stereocenters. The third-order valence-electron chi connectivity index (χ3n) is 3.93. The predicted molar refractivity (Wildman–Crippen MR) is 96.5 cm³/mol. The summed E-state index contributed by atoms with van der Waals surface area (Å²) in [6.07, 6.45) is -0.512. The van der Waals surface area contributed by atoms with Crippen LogP contribution in [0.4, 0.5) is 10.1 Å². The van der Waals surface area contributed by atoms with E-state index >= 15 is 0 Å². The van der Waals surface area contributed by atoms with E-state index < -0.39 is 12.2 Å². The van der Waals surface area contributed by atoms with Crippen LogP contribution in [0, 0.1) is 5.82 Å². The summed E-state index contributed by atoms with van der Waals surface area (Å²) >= 11 is 0. The minimum Gasteiger partial charge on any atom is -0.494 e. The number of amides is 1. The Morgan fingerprint density at radius 1 is 1.19 bits per heavy atom. The highest BCUT2D eigenvalue weighted by Gasteiger charge is 2.32. The number of rotatable bonds is 7. The number of hydrazine groups is 2. The molecular weight excluding hydrogens is 337 g/mol. The first-order chi connectivity index (χ1) is 12.7. The van der Waals surface area contributed by atoms with Gasteiger partial charge in [-0.3, -0.25) is 4.79 Å². The van der Waals surface area contributed by atoms with Crippen molar-refractivity contribution in [1.29, 1.82) is 0 Å². The molecular formula is C18H22FN5O2. The lowest BCUT2D eigenvalue weighted by Crippen LogP contribution is -2.50. The van der Waals surface area contributed by atoms with Gasteiger partial charge in [0.15, 0.2) is 0 Å². The number of carbonyl (C=O) groups excluding carboxylic acids is 1. The zero-order valence-corrected chi connectivity index (χ0v) is 14.4. The first-order valence-electron chi connectivity index (χ1n) is 8.44. The summed E-state index contributed by atoms with van der Waals surface area (Å²) in [6, 6.07) is 13.2. The standard InChI is InChI=1S/C18H22FN5O2/c1-2-26-13-7-5-6-12(10-13)11-20-18(25)16-17(23-24-22-16)21-15-9-4-3-8-14(15)19/h3-10,16-17,21-24H,2,11H2,1H3,(H,20,25). The number of carbonyl (C=O) groups is 1. The highest BCUT2D eigenvalue weighted by atomic mass is 19.1. The largest absolute Gasteiger partial charge is 0.494 e. The van der Waals surface area contributed by atoms with Gasteiger partial charge in [0.1, 0.15) is 23.8 Å². The van der Waals surface area contributed by atoms with E-state index in [1.54, 1.807) is 18.2 Å². The lowest BCUT2D eigenvalue weighted by Gasteiger charge is -2.20. The van der Waals surface area contributed by atoms with Gasteiger partial charge in [-0.25, -0.2) is 15.2 Å². The second-order valence-corrected chi connectivity index (χ2v) is 5.79. The van der Waals surface area contributed by atoms with E-state index in [0.29, 0.717) is 18.8 Å². The van der Waals surface area contributed by atoms with Gasteiger partial charge in [-0.05, 0) is 36.8 Å². The molecule has 0 radical (unpaired) electrons. The molecule has 26 heavy (non-hydrogen) atoms. The lowest BCUT2D eigenvalue weighted by atomic mass is 10.2. The van der Waals surface area contributed by atoms with Gasteiger partial charge in [0.05, 0.1) is 12.3 Å². The third kappa shape index (κ3) is 4.48. The summed E-state index contributed by atoms with van der Waals surface area (Å²) in [4.78, 5) is 12.5. The molecule has 7 nitrogen and oxygen atoms in total. The van der Waals surface area contributed by atoms with E-state index in [-0.39, 0.29) is 11.7 Å². The molecule has 0 bridgehead atoms. The molecule has 0 saturated carbocycles. The molecule has 2 unspecified atom stereocenters. The Kier molecular flexibility index (Phi) is 6.00. The second-order valence-electron chi connectivity index (χ2n) is 5.79. The Bertz CT molecular complexity index is 758. The van der Waals surface area contributed by atoms with Crippen LogP contribution in [0.2, 0.25) is 0 Å². The molecule has 3 rings (SSSR count). The predicted octanol–water partition coefficient (Wildman–Crippen LogP) is 1.26. The number of halogens is 1. The molecule has 1 amide bonds. The molecule has 2 aromatic rings. The zero-order chi connectivity index (χ0) is 18.4. The molecule has 1 heterocycles. The molecule has 1 saturated heterocycles. The molecule has 8 heteroatoms. The second kappa shape index (κ2) is 8.61. The highest BCUT2D eigenvalue weighted by molar-refractivity contribution is 5.83. The van der Waals surface area contributed by atoms with Crippen LogP contribution in [-0.4, -0.2) is 24.7 Å². The van der Waals surface area contributed by atoms with E-state index in [4.69, 9.17) is 4.74 Å². The normalized spacial score (nSPS) is 19.2. The molecule has 0 aliphatic carbocycles. The summed E-state index contributed by atoms with van der Waals surface area (Å²) in [6.45, 7) is 2.87. The monoisotopic (exact) mass is 359 g/mol. The molecule has 5 N–H and O–H groups in total. The molecule has 1 fully saturated rings. The fourth-order valence-electron chi connectivity index (χ4n) is 2.66. The van der Waals surface area contributed by atoms with Crippen molar-refractivity contribution in [3.8, 4) is 5.75 Å². The van der Waals surface area contributed by atoms with E-state index in [1.165, 1.54) is 6.07 Å². The summed E-state index contributed by atoms with van der Waals surface area (Å²) in [7, 11) is 0. The number of ether oxygens (including phenoxy) is 1. The van der Waals surface area contributed by atoms with E-state index in [9.17, 15) is 9.18 Å². The van der Waals surface area contributed by atoms with Crippen molar-refractivity contribution < 1.29 is 13.9 Å². The number of para-hydroxylation sites is 1. The van der Waals surface area contributed by atoms with Crippen LogP contribution < -0.4 is 31.8 Å². The Morgan fingerprint density at radius 3 is 2.85 bits per heavy atom. The van der Waals surface area contributed by atoms with Gasteiger partial charge in [-0.15, -0.1) is 0 Å². The van der Waals surface area contributed by atoms with Crippen molar-refractivity contribution in [2.24, 2.45) is 0 Å². The topological polar surface area (TPSA) is 86.5 Å². The number of anilines is 1. The van der Waals surface area contributed by atoms with E-state index in [2.05, 4.69) is 27.0 Å². The van der Waals surface area contributed by atoms with Gasteiger partial charge in [0, 0.05) is 6.54 Å². The number of hydrogen-bond acceptors (Lipinski definition) is 6. The summed E-state index contributed by atoms with van der Waals surface area (Å²) in [5.74, 6) is 0.159. The minimum absolute atomic E-state index is 0.224. The van der Waals surface area contributed by atoms with Crippen LogP contribution in [-0.2, 0) is 11.3 Å². The summed E-state index contributed by atoms with van der Waals surface area (Å²) < 4.78 is 19.3. The average molecular weight is 359 g/mol. The highest BCUT2D eigenvalue weighted by Crippen LogP contribution is 2.15. The van der Waals surface area contributed by atoms with Gasteiger partial charge in [-0.2, -0.15) is 5.53 Å². The number of benzene rings is 2. The maximum atomic E-state index is 13.8. The molecule has 0 aromatic heterocycles. The quantitative estimate of drug-likeness (QED) is 0.512. The van der Waals surface area contributed by atoms with E-state index in [1.807, 2.05) is 31.2 Å². The van der Waals surface area contributed by atoms with Crippen molar-refractivity contribution in [1.82, 2.24) is 21.7 Å². The maximum absolute atomic E-state index is 13.8. The number of nitrogens with one attached hydrogen (secondary N) is 5. The minimum atomic E-state index is -0.621. The number of hydrogen-bond donors (Lipinski definition) is 5. The van der Waals surface area contributed by atoms with Crippen LogP contribution in [0.25, 0.3) is 0 Å². The van der Waals surface area contributed by atoms with Crippen molar-refractivity contribution in [2.45, 2.75) is 25.7 Å². The fraction of sp³-hybridized carbons (Fsp3) is 0.278. The van der Waals surface area contributed by atoms with Gasteiger partial charge in [-0.1, -0.05) is 24.3 Å². The molecule has 0 spiro atoms. The molecule has 138 valence electrons. The fourth-order valence-corrected chi connectivity index (χ4v) is 2.66.